The van der Waals surface area contributed by atoms with Crippen LogP contribution in [-0.4, -0.2) is 16.0 Å². The predicted molar refractivity (Wildman–Crippen MR) is 74.3 cm³/mol. The van der Waals surface area contributed by atoms with Crippen LogP contribution in [0, 0.1) is 0 Å². The summed E-state index contributed by atoms with van der Waals surface area (Å²) in [6.07, 6.45) is 0.000941. The Morgan fingerprint density at radius 2 is 1.85 bits per heavy atom. The van der Waals surface area contributed by atoms with Gasteiger partial charge in [0.05, 0.1) is 5.02 Å². The Bertz CT molecular complexity index is 740. The van der Waals surface area contributed by atoms with Crippen LogP contribution in [0.15, 0.2) is 24.3 Å². The summed E-state index contributed by atoms with van der Waals surface area (Å²) in [6, 6.07) is 5.43. The van der Waals surface area contributed by atoms with Crippen molar-refractivity contribution in [3.05, 3.63) is 45.4 Å². The van der Waals surface area contributed by atoms with Crippen molar-refractivity contribution in [2.24, 2.45) is 0 Å². The first-order valence-electron chi connectivity index (χ1n) is 5.70. The van der Waals surface area contributed by atoms with Crippen molar-refractivity contribution in [1.82, 2.24) is 0 Å². The summed E-state index contributed by atoms with van der Waals surface area (Å²) in [5.41, 5.74) is 0.550. The molecular weight excluding hydrogens is 303 g/mol. The molecule has 0 fully saturated rings. The first-order valence-corrected chi connectivity index (χ1v) is 6.46. The minimum absolute atomic E-state index is 0.000941. The first kappa shape index (κ1) is 13.1. The molecule has 1 heterocycles. The second kappa shape index (κ2) is 4.58. The van der Waals surface area contributed by atoms with E-state index in [2.05, 4.69) is 0 Å². The van der Waals surface area contributed by atoms with Gasteiger partial charge in [0.15, 0.2) is 5.78 Å². The zero-order valence-electron chi connectivity index (χ0n) is 9.98. The van der Waals surface area contributed by atoms with E-state index in [0.29, 0.717) is 16.3 Å². The molecule has 0 unspecified atom stereocenters. The van der Waals surface area contributed by atoms with Gasteiger partial charge in [-0.25, -0.2) is 0 Å². The Kier molecular flexibility index (Phi) is 3.00. The maximum Gasteiger partial charge on any atom is 0.174 e. The van der Waals surface area contributed by atoms with Gasteiger partial charge in [0.25, 0.3) is 0 Å². The van der Waals surface area contributed by atoms with Crippen LogP contribution in [0.4, 0.5) is 0 Å². The van der Waals surface area contributed by atoms with E-state index in [1.54, 1.807) is 6.07 Å². The number of rotatable bonds is 0. The number of phenolic OH excluding ortho intramolecular Hbond substituents is 2. The highest BCUT2D eigenvalue weighted by atomic mass is 35.5. The molecule has 102 valence electrons. The van der Waals surface area contributed by atoms with Gasteiger partial charge in [-0.2, -0.15) is 0 Å². The van der Waals surface area contributed by atoms with E-state index < -0.39 is 0 Å². The van der Waals surface area contributed by atoms with Gasteiger partial charge < -0.3 is 14.9 Å². The molecule has 0 aliphatic carbocycles. The molecule has 0 saturated heterocycles. The molecule has 3 rings (SSSR count). The number of carbonyl (C=O) groups is 1. The molecule has 0 bridgehead atoms. The average Bonchev–Trinajstić information content (AvgIpc) is 2.45. The van der Waals surface area contributed by atoms with Crippen LogP contribution in [0.3, 0.4) is 0 Å². The highest BCUT2D eigenvalue weighted by Gasteiger charge is 2.27. The van der Waals surface area contributed by atoms with Crippen LogP contribution in [0.5, 0.6) is 23.0 Å². The minimum Gasteiger partial charge on any atom is -0.508 e. The van der Waals surface area contributed by atoms with Gasteiger partial charge in [-0.3, -0.25) is 4.79 Å². The Morgan fingerprint density at radius 1 is 1.10 bits per heavy atom. The van der Waals surface area contributed by atoms with Gasteiger partial charge in [0.2, 0.25) is 0 Å². The lowest BCUT2D eigenvalue weighted by Gasteiger charge is -2.11. The third kappa shape index (κ3) is 2.07. The number of ether oxygens (including phenoxy) is 1. The summed E-state index contributed by atoms with van der Waals surface area (Å²) in [5.74, 6) is -0.513. The second-order valence-electron chi connectivity index (χ2n) is 4.42. The maximum absolute atomic E-state index is 12.2. The van der Waals surface area contributed by atoms with Crippen molar-refractivity contribution in [1.29, 1.82) is 0 Å². The highest BCUT2D eigenvalue weighted by Crippen LogP contribution is 2.43. The zero-order valence-corrected chi connectivity index (χ0v) is 11.5. The number of hydrogen-bond acceptors (Lipinski definition) is 4. The lowest BCUT2D eigenvalue weighted by Crippen LogP contribution is -2.02. The fourth-order valence-corrected chi connectivity index (χ4v) is 2.75. The van der Waals surface area contributed by atoms with Gasteiger partial charge >= 0.3 is 0 Å². The first-order chi connectivity index (χ1) is 9.45. The summed E-state index contributed by atoms with van der Waals surface area (Å²) in [6.45, 7) is 0. The molecule has 1 aliphatic heterocycles. The number of benzene rings is 2. The molecule has 0 amide bonds. The van der Waals surface area contributed by atoms with Crippen molar-refractivity contribution >= 4 is 29.0 Å². The van der Waals surface area contributed by atoms with E-state index in [0.717, 1.165) is 6.07 Å². The van der Waals surface area contributed by atoms with Gasteiger partial charge in [-0.15, -0.1) is 0 Å². The van der Waals surface area contributed by atoms with Crippen molar-refractivity contribution in [3.63, 3.8) is 0 Å². The van der Waals surface area contributed by atoms with E-state index in [4.69, 9.17) is 27.9 Å². The molecule has 4 nitrogen and oxygen atoms in total. The van der Waals surface area contributed by atoms with Crippen LogP contribution in [-0.2, 0) is 6.42 Å². The van der Waals surface area contributed by atoms with Crippen molar-refractivity contribution in [3.8, 4) is 23.0 Å². The molecular formula is C14H8Cl2O4. The van der Waals surface area contributed by atoms with Crippen LogP contribution in [0.1, 0.15) is 15.9 Å². The van der Waals surface area contributed by atoms with E-state index in [1.807, 2.05) is 0 Å². The normalized spacial score (nSPS) is 13.2. The number of phenols is 2. The fourth-order valence-electron chi connectivity index (χ4n) is 2.18. The monoisotopic (exact) mass is 310 g/mol. The molecule has 1 aliphatic rings. The third-order valence-corrected chi connectivity index (χ3v) is 3.49. The SMILES string of the molecule is O=C1Cc2cc(Cl)cc(Cl)c2Oc2cc(O)cc(O)c21. The zero-order chi connectivity index (χ0) is 14.4. The maximum atomic E-state index is 12.2. The van der Waals surface area contributed by atoms with E-state index in [1.165, 1.54) is 12.1 Å². The van der Waals surface area contributed by atoms with Crippen LogP contribution in [0.25, 0.3) is 0 Å². The topological polar surface area (TPSA) is 66.8 Å². The van der Waals surface area contributed by atoms with Crippen molar-refractivity contribution in [2.75, 3.05) is 0 Å². The van der Waals surface area contributed by atoms with E-state index in [-0.39, 0.29) is 40.0 Å². The molecule has 0 spiro atoms. The highest BCUT2D eigenvalue weighted by molar-refractivity contribution is 6.35. The smallest absolute Gasteiger partial charge is 0.174 e. The second-order valence-corrected chi connectivity index (χ2v) is 5.26. The fraction of sp³-hybridized carbons (Fsp3) is 0.0714. The summed E-state index contributed by atoms with van der Waals surface area (Å²) < 4.78 is 5.59. The summed E-state index contributed by atoms with van der Waals surface area (Å²) in [5, 5.41) is 20.0. The number of halogens is 2. The molecule has 0 atom stereocenters. The lowest BCUT2D eigenvalue weighted by atomic mass is 10.0. The van der Waals surface area contributed by atoms with Gasteiger partial charge in [0, 0.05) is 29.1 Å². The third-order valence-electron chi connectivity index (χ3n) is 2.99. The predicted octanol–water partition coefficient (Wildman–Crippen LogP) is 3.94. The Hall–Kier alpha value is -1.91. The average molecular weight is 311 g/mol. The quantitative estimate of drug-likeness (QED) is 0.773. The molecule has 2 N–H and O–H groups in total. The molecule has 6 heteroatoms. The molecule has 0 radical (unpaired) electrons. The van der Waals surface area contributed by atoms with Crippen molar-refractivity contribution in [2.45, 2.75) is 6.42 Å². The van der Waals surface area contributed by atoms with E-state index in [9.17, 15) is 15.0 Å². The van der Waals surface area contributed by atoms with Crippen LogP contribution in [0.2, 0.25) is 10.0 Å². The molecule has 20 heavy (non-hydrogen) atoms. The number of ketones is 1. The van der Waals surface area contributed by atoms with Gasteiger partial charge in [-0.1, -0.05) is 23.2 Å². The Morgan fingerprint density at radius 3 is 2.60 bits per heavy atom. The molecule has 0 aromatic heterocycles. The molecule has 2 aromatic carbocycles. The minimum atomic E-state index is -0.338. The number of Topliss-reactive ketones (excluding diaryl/α,β-unsaturated/α-hetero) is 1. The standard InChI is InChI=1S/C14H8Cl2O4/c15-7-1-6-2-10(18)13-11(19)4-8(17)5-12(13)20-14(6)9(16)3-7/h1,3-5,17,19H,2H2. The molecule has 2 aromatic rings. The number of aromatic hydroxyl groups is 2. The van der Waals surface area contributed by atoms with Crippen LogP contribution < -0.4 is 4.74 Å². The summed E-state index contributed by atoms with van der Waals surface area (Å²) in [4.78, 5) is 12.2. The number of hydrogen-bond donors (Lipinski definition) is 2. The number of carbonyl (C=O) groups excluding carboxylic acids is 1. The Balaban J connectivity index is 2.25. The van der Waals surface area contributed by atoms with E-state index >= 15 is 0 Å². The number of fused-ring (bicyclic) bond motifs is 2. The van der Waals surface area contributed by atoms with Gasteiger partial charge in [-0.05, 0) is 12.1 Å². The largest absolute Gasteiger partial charge is 0.508 e. The summed E-state index contributed by atoms with van der Waals surface area (Å²) >= 11 is 12.0. The summed E-state index contributed by atoms with van der Waals surface area (Å²) in [7, 11) is 0. The Labute approximate surface area is 124 Å². The molecule has 0 saturated carbocycles. The van der Waals surface area contributed by atoms with Gasteiger partial charge in [0.1, 0.15) is 28.6 Å². The van der Waals surface area contributed by atoms with Crippen molar-refractivity contribution < 1.29 is 19.7 Å². The van der Waals surface area contributed by atoms with Crippen LogP contribution >= 0.6 is 23.2 Å². The lowest BCUT2D eigenvalue weighted by molar-refractivity contribution is 0.0991.